The highest BCUT2D eigenvalue weighted by atomic mass is 16.1. The Balaban J connectivity index is 1.91. The third kappa shape index (κ3) is 2.50. The van der Waals surface area contributed by atoms with Crippen molar-refractivity contribution < 1.29 is 4.79 Å². The van der Waals surface area contributed by atoms with Gasteiger partial charge in [0.1, 0.15) is 5.69 Å². The first kappa shape index (κ1) is 13.3. The lowest BCUT2D eigenvalue weighted by Gasteiger charge is -2.08. The minimum Gasteiger partial charge on any atom is -0.321 e. The fourth-order valence-corrected chi connectivity index (χ4v) is 2.20. The van der Waals surface area contributed by atoms with E-state index in [4.69, 9.17) is 0 Å². The Bertz CT molecular complexity index is 835. The Hall–Kier alpha value is -2.69. The number of carbonyl (C=O) groups excluding carboxylic acids is 1. The van der Waals surface area contributed by atoms with Gasteiger partial charge in [-0.3, -0.25) is 4.79 Å². The van der Waals surface area contributed by atoms with Crippen molar-refractivity contribution in [2.75, 3.05) is 5.32 Å². The number of rotatable bonds is 2. The van der Waals surface area contributed by atoms with Crippen LogP contribution in [0.25, 0.3) is 5.65 Å². The number of hydrogen-bond donors (Lipinski definition) is 1. The van der Waals surface area contributed by atoms with E-state index in [1.807, 2.05) is 39.0 Å². The highest BCUT2D eigenvalue weighted by Gasteiger charge is 2.11. The van der Waals surface area contributed by atoms with E-state index in [9.17, 15) is 4.79 Å². The predicted octanol–water partition coefficient (Wildman–Crippen LogP) is 2.91. The molecule has 1 amide bonds. The second-order valence-electron chi connectivity index (χ2n) is 5.14. The third-order valence-electron chi connectivity index (χ3n) is 3.53. The normalized spacial score (nSPS) is 10.8. The van der Waals surface area contributed by atoms with Gasteiger partial charge in [0, 0.05) is 17.4 Å². The molecule has 106 valence electrons. The second-order valence-corrected chi connectivity index (χ2v) is 5.14. The van der Waals surface area contributed by atoms with Gasteiger partial charge in [-0.15, -0.1) is 0 Å². The Morgan fingerprint density at radius 1 is 1.10 bits per heavy atom. The summed E-state index contributed by atoms with van der Waals surface area (Å²) in [6, 6.07) is 9.35. The Kier molecular flexibility index (Phi) is 3.17. The summed E-state index contributed by atoms with van der Waals surface area (Å²) in [5.74, 6) is -0.218. The second kappa shape index (κ2) is 5.01. The van der Waals surface area contributed by atoms with Crippen LogP contribution in [0.1, 0.15) is 27.3 Å². The van der Waals surface area contributed by atoms with Gasteiger partial charge in [-0.2, -0.15) is 5.10 Å². The minimum atomic E-state index is -0.218. The largest absolute Gasteiger partial charge is 0.321 e. The SMILES string of the molecule is Cc1ccc(NC(=O)c2cc(C)n3nccc3n2)cc1C. The fourth-order valence-electron chi connectivity index (χ4n) is 2.20. The van der Waals surface area contributed by atoms with Gasteiger partial charge in [0.15, 0.2) is 5.65 Å². The van der Waals surface area contributed by atoms with E-state index in [2.05, 4.69) is 15.4 Å². The van der Waals surface area contributed by atoms with E-state index < -0.39 is 0 Å². The van der Waals surface area contributed by atoms with Crippen LogP contribution in [0.5, 0.6) is 0 Å². The number of hydrogen-bond acceptors (Lipinski definition) is 3. The molecule has 0 fully saturated rings. The topological polar surface area (TPSA) is 59.3 Å². The van der Waals surface area contributed by atoms with Gasteiger partial charge in [0.2, 0.25) is 0 Å². The fraction of sp³-hybridized carbons (Fsp3) is 0.188. The molecule has 5 nitrogen and oxygen atoms in total. The molecule has 0 aliphatic carbocycles. The standard InChI is InChI=1S/C16H16N4O/c1-10-4-5-13(8-11(10)2)18-16(21)14-9-12(3)20-15(19-14)6-7-17-20/h4-9H,1-3H3,(H,18,21). The summed E-state index contributed by atoms with van der Waals surface area (Å²) >= 11 is 0. The smallest absolute Gasteiger partial charge is 0.274 e. The van der Waals surface area contributed by atoms with E-state index >= 15 is 0 Å². The first-order valence-electron chi connectivity index (χ1n) is 6.74. The summed E-state index contributed by atoms with van der Waals surface area (Å²) in [6.45, 7) is 5.96. The van der Waals surface area contributed by atoms with Gasteiger partial charge in [-0.05, 0) is 50.1 Å². The number of nitrogens with zero attached hydrogens (tertiary/aromatic N) is 3. The van der Waals surface area contributed by atoms with Crippen LogP contribution < -0.4 is 5.32 Å². The molecule has 0 saturated heterocycles. The average molecular weight is 280 g/mol. The van der Waals surface area contributed by atoms with E-state index in [-0.39, 0.29) is 5.91 Å². The van der Waals surface area contributed by atoms with Crippen LogP contribution in [0.3, 0.4) is 0 Å². The minimum absolute atomic E-state index is 0.218. The van der Waals surface area contributed by atoms with E-state index in [0.717, 1.165) is 16.9 Å². The quantitative estimate of drug-likeness (QED) is 0.785. The van der Waals surface area contributed by atoms with Crippen molar-refractivity contribution >= 4 is 17.2 Å². The first-order valence-corrected chi connectivity index (χ1v) is 6.74. The van der Waals surface area contributed by atoms with Crippen molar-refractivity contribution in [2.45, 2.75) is 20.8 Å². The van der Waals surface area contributed by atoms with Gasteiger partial charge in [0.25, 0.3) is 5.91 Å². The molecule has 2 heterocycles. The highest BCUT2D eigenvalue weighted by Crippen LogP contribution is 2.15. The van der Waals surface area contributed by atoms with E-state index in [0.29, 0.717) is 11.3 Å². The molecule has 3 rings (SSSR count). The molecule has 0 spiro atoms. The van der Waals surface area contributed by atoms with Crippen molar-refractivity contribution in [3.8, 4) is 0 Å². The molecule has 0 unspecified atom stereocenters. The van der Waals surface area contributed by atoms with Crippen molar-refractivity contribution in [2.24, 2.45) is 0 Å². The summed E-state index contributed by atoms with van der Waals surface area (Å²) in [5, 5.41) is 7.03. The number of aryl methyl sites for hydroxylation is 3. The predicted molar refractivity (Wildman–Crippen MR) is 81.6 cm³/mol. The number of nitrogens with one attached hydrogen (secondary N) is 1. The van der Waals surface area contributed by atoms with Crippen molar-refractivity contribution in [1.82, 2.24) is 14.6 Å². The summed E-state index contributed by atoms with van der Waals surface area (Å²) in [5.41, 5.74) is 5.04. The number of anilines is 1. The van der Waals surface area contributed by atoms with Crippen LogP contribution in [-0.4, -0.2) is 20.5 Å². The first-order chi connectivity index (χ1) is 10.0. The molecular formula is C16H16N4O. The van der Waals surface area contributed by atoms with Crippen LogP contribution in [0.15, 0.2) is 36.5 Å². The zero-order valence-corrected chi connectivity index (χ0v) is 12.2. The van der Waals surface area contributed by atoms with Gasteiger partial charge in [-0.1, -0.05) is 6.07 Å². The molecule has 2 aromatic heterocycles. The molecule has 0 saturated carbocycles. The number of carbonyl (C=O) groups is 1. The van der Waals surface area contributed by atoms with Crippen molar-refractivity contribution in [1.29, 1.82) is 0 Å². The number of amides is 1. The van der Waals surface area contributed by atoms with Crippen molar-refractivity contribution in [3.63, 3.8) is 0 Å². The molecule has 0 aliphatic rings. The number of aromatic nitrogens is 3. The molecular weight excluding hydrogens is 264 g/mol. The highest BCUT2D eigenvalue weighted by molar-refractivity contribution is 6.03. The molecule has 3 aromatic rings. The Labute approximate surface area is 122 Å². The lowest BCUT2D eigenvalue weighted by molar-refractivity contribution is 0.102. The molecule has 21 heavy (non-hydrogen) atoms. The van der Waals surface area contributed by atoms with Gasteiger partial charge in [-0.25, -0.2) is 9.50 Å². The van der Waals surface area contributed by atoms with Crippen LogP contribution in [-0.2, 0) is 0 Å². The van der Waals surface area contributed by atoms with Crippen LogP contribution in [0.4, 0.5) is 5.69 Å². The summed E-state index contributed by atoms with van der Waals surface area (Å²) in [4.78, 5) is 16.6. The Morgan fingerprint density at radius 3 is 2.67 bits per heavy atom. The Morgan fingerprint density at radius 2 is 1.90 bits per heavy atom. The third-order valence-corrected chi connectivity index (χ3v) is 3.53. The van der Waals surface area contributed by atoms with Crippen LogP contribution in [0, 0.1) is 20.8 Å². The lowest BCUT2D eigenvalue weighted by Crippen LogP contribution is -2.15. The molecule has 1 aromatic carbocycles. The maximum Gasteiger partial charge on any atom is 0.274 e. The van der Waals surface area contributed by atoms with Crippen LogP contribution >= 0.6 is 0 Å². The zero-order chi connectivity index (χ0) is 15.0. The number of fused-ring (bicyclic) bond motifs is 1. The monoisotopic (exact) mass is 280 g/mol. The molecule has 1 N–H and O–H groups in total. The maximum absolute atomic E-state index is 12.3. The average Bonchev–Trinajstić information content (AvgIpc) is 2.92. The van der Waals surface area contributed by atoms with E-state index in [1.54, 1.807) is 22.8 Å². The zero-order valence-electron chi connectivity index (χ0n) is 12.2. The molecule has 0 bridgehead atoms. The van der Waals surface area contributed by atoms with Crippen molar-refractivity contribution in [3.05, 3.63) is 59.0 Å². The van der Waals surface area contributed by atoms with Crippen LogP contribution in [0.2, 0.25) is 0 Å². The molecule has 5 heteroatoms. The summed E-state index contributed by atoms with van der Waals surface area (Å²) in [7, 11) is 0. The molecule has 0 atom stereocenters. The van der Waals surface area contributed by atoms with Gasteiger partial charge >= 0.3 is 0 Å². The van der Waals surface area contributed by atoms with Gasteiger partial charge < -0.3 is 5.32 Å². The maximum atomic E-state index is 12.3. The lowest BCUT2D eigenvalue weighted by atomic mass is 10.1. The van der Waals surface area contributed by atoms with Gasteiger partial charge in [0.05, 0.1) is 6.20 Å². The molecule has 0 radical (unpaired) electrons. The summed E-state index contributed by atoms with van der Waals surface area (Å²) in [6.07, 6.45) is 1.67. The number of benzene rings is 1. The van der Waals surface area contributed by atoms with E-state index in [1.165, 1.54) is 5.56 Å². The molecule has 0 aliphatic heterocycles. The summed E-state index contributed by atoms with van der Waals surface area (Å²) < 4.78 is 1.70.